The highest BCUT2D eigenvalue weighted by Gasteiger charge is 2.20. The Morgan fingerprint density at radius 3 is 2.51 bits per heavy atom. The van der Waals surface area contributed by atoms with E-state index in [4.69, 9.17) is 9.72 Å². The quantitative estimate of drug-likeness (QED) is 0.308. The standard InChI is InChI=1S/C27H26N6O2/c1-18-16-25(33(32-18)20-8-4-3-5-9-20)31-27(34)30-24(17-19-12-14-21(35-2)15-13-19)26-28-22-10-6-7-11-23(22)29-26/h3-16,24H,17H2,1-2H3,(H,28,29)(H2,30,31,34). The van der Waals surface area contributed by atoms with E-state index in [-0.39, 0.29) is 12.1 Å². The molecule has 2 amide bonds. The van der Waals surface area contributed by atoms with Crippen molar-refractivity contribution in [1.29, 1.82) is 0 Å². The summed E-state index contributed by atoms with van der Waals surface area (Å²) >= 11 is 0. The number of nitrogens with one attached hydrogen (secondary N) is 3. The predicted molar refractivity (Wildman–Crippen MR) is 136 cm³/mol. The zero-order chi connectivity index (χ0) is 24.2. The van der Waals surface area contributed by atoms with Crippen LogP contribution in [0.1, 0.15) is 23.1 Å². The average molecular weight is 467 g/mol. The average Bonchev–Trinajstić information content (AvgIpc) is 3.48. The van der Waals surface area contributed by atoms with Gasteiger partial charge in [0, 0.05) is 6.07 Å². The Balaban J connectivity index is 1.40. The Morgan fingerprint density at radius 2 is 1.77 bits per heavy atom. The number of aryl methyl sites for hydroxylation is 1. The molecule has 8 heteroatoms. The molecule has 0 saturated heterocycles. The number of H-pyrrole nitrogens is 1. The number of amides is 2. The Labute approximate surface area is 203 Å². The van der Waals surface area contributed by atoms with Crippen LogP contribution < -0.4 is 15.4 Å². The van der Waals surface area contributed by atoms with E-state index in [1.165, 1.54) is 0 Å². The lowest BCUT2D eigenvalue weighted by atomic mass is 10.1. The minimum Gasteiger partial charge on any atom is -0.497 e. The number of anilines is 1. The molecule has 5 aromatic rings. The van der Waals surface area contributed by atoms with Crippen LogP contribution in [0.2, 0.25) is 0 Å². The SMILES string of the molecule is COc1ccc(CC(NC(=O)Nc2cc(C)nn2-c2ccccc2)c2nc3ccccc3[nH]2)cc1. The third-order valence-corrected chi connectivity index (χ3v) is 5.72. The Hall–Kier alpha value is -4.59. The second-order valence-corrected chi connectivity index (χ2v) is 8.26. The van der Waals surface area contributed by atoms with E-state index in [0.29, 0.717) is 18.1 Å². The summed E-state index contributed by atoms with van der Waals surface area (Å²) in [6, 6.07) is 26.4. The fourth-order valence-corrected chi connectivity index (χ4v) is 4.02. The Bertz CT molecular complexity index is 1410. The van der Waals surface area contributed by atoms with Crippen molar-refractivity contribution in [3.8, 4) is 11.4 Å². The van der Waals surface area contributed by atoms with Gasteiger partial charge in [0.05, 0.1) is 35.6 Å². The van der Waals surface area contributed by atoms with Crippen LogP contribution in [0, 0.1) is 6.92 Å². The first-order valence-corrected chi connectivity index (χ1v) is 11.4. The van der Waals surface area contributed by atoms with E-state index in [9.17, 15) is 4.79 Å². The number of methoxy groups -OCH3 is 1. The van der Waals surface area contributed by atoms with Gasteiger partial charge in [-0.1, -0.05) is 42.5 Å². The zero-order valence-corrected chi connectivity index (χ0v) is 19.5. The highest BCUT2D eigenvalue weighted by atomic mass is 16.5. The van der Waals surface area contributed by atoms with E-state index < -0.39 is 0 Å². The van der Waals surface area contributed by atoms with Crippen LogP contribution in [0.3, 0.4) is 0 Å². The zero-order valence-electron chi connectivity index (χ0n) is 19.5. The third kappa shape index (κ3) is 5.01. The van der Waals surface area contributed by atoms with Crippen molar-refractivity contribution in [3.63, 3.8) is 0 Å². The van der Waals surface area contributed by atoms with E-state index in [1.807, 2.05) is 91.9 Å². The summed E-state index contributed by atoms with van der Waals surface area (Å²) < 4.78 is 6.99. The fourth-order valence-electron chi connectivity index (χ4n) is 4.02. The fraction of sp³-hybridized carbons (Fsp3) is 0.148. The van der Waals surface area contributed by atoms with Crippen LogP contribution in [0.5, 0.6) is 5.75 Å². The molecule has 3 N–H and O–H groups in total. The number of imidazole rings is 1. The van der Waals surface area contributed by atoms with E-state index in [0.717, 1.165) is 33.7 Å². The molecule has 0 radical (unpaired) electrons. The molecule has 2 heterocycles. The summed E-state index contributed by atoms with van der Waals surface area (Å²) in [6.45, 7) is 1.89. The second-order valence-electron chi connectivity index (χ2n) is 8.26. The summed E-state index contributed by atoms with van der Waals surface area (Å²) in [5, 5.41) is 10.6. The number of carbonyl (C=O) groups excluding carboxylic acids is 1. The number of hydrogen-bond acceptors (Lipinski definition) is 4. The number of hydrogen-bond donors (Lipinski definition) is 3. The van der Waals surface area contributed by atoms with Crippen LogP contribution in [0.4, 0.5) is 10.6 Å². The van der Waals surface area contributed by atoms with E-state index in [2.05, 4.69) is 20.7 Å². The summed E-state index contributed by atoms with van der Waals surface area (Å²) in [4.78, 5) is 21.3. The molecule has 5 rings (SSSR count). The number of carbonyl (C=O) groups is 1. The van der Waals surface area contributed by atoms with E-state index in [1.54, 1.807) is 11.8 Å². The number of aromatic nitrogens is 4. The molecule has 8 nitrogen and oxygen atoms in total. The van der Waals surface area contributed by atoms with Gasteiger partial charge >= 0.3 is 6.03 Å². The first kappa shape index (κ1) is 22.2. The molecule has 176 valence electrons. The van der Waals surface area contributed by atoms with Gasteiger partial charge < -0.3 is 15.0 Å². The number of urea groups is 1. The lowest BCUT2D eigenvalue weighted by Gasteiger charge is -2.18. The van der Waals surface area contributed by atoms with Gasteiger partial charge in [0.25, 0.3) is 0 Å². The monoisotopic (exact) mass is 466 g/mol. The molecule has 35 heavy (non-hydrogen) atoms. The molecule has 3 aromatic carbocycles. The lowest BCUT2D eigenvalue weighted by molar-refractivity contribution is 0.248. The largest absolute Gasteiger partial charge is 0.497 e. The number of benzene rings is 3. The summed E-state index contributed by atoms with van der Waals surface area (Å²) in [7, 11) is 1.64. The molecule has 0 aliphatic heterocycles. The van der Waals surface area contributed by atoms with Gasteiger partial charge in [-0.25, -0.2) is 14.5 Å². The highest BCUT2D eigenvalue weighted by Crippen LogP contribution is 2.22. The van der Waals surface area contributed by atoms with Crippen LogP contribution >= 0.6 is 0 Å². The number of aromatic amines is 1. The number of fused-ring (bicyclic) bond motifs is 1. The van der Waals surface area contributed by atoms with Crippen molar-refractivity contribution in [2.24, 2.45) is 0 Å². The van der Waals surface area contributed by atoms with Gasteiger partial charge in [-0.3, -0.25) is 5.32 Å². The molecular formula is C27H26N6O2. The van der Waals surface area contributed by atoms with Crippen molar-refractivity contribution < 1.29 is 9.53 Å². The molecule has 0 spiro atoms. The summed E-state index contributed by atoms with van der Waals surface area (Å²) in [5.74, 6) is 2.05. The maximum Gasteiger partial charge on any atom is 0.321 e. The van der Waals surface area contributed by atoms with Crippen LogP contribution in [-0.4, -0.2) is 32.9 Å². The second kappa shape index (κ2) is 9.72. The van der Waals surface area contributed by atoms with Crippen molar-refractivity contribution >= 4 is 22.9 Å². The molecule has 1 atom stereocenters. The number of para-hydroxylation sites is 3. The van der Waals surface area contributed by atoms with Gasteiger partial charge in [-0.05, 0) is 55.3 Å². The summed E-state index contributed by atoms with van der Waals surface area (Å²) in [6.07, 6.45) is 0.550. The van der Waals surface area contributed by atoms with Gasteiger partial charge in [0.2, 0.25) is 0 Å². The molecular weight excluding hydrogens is 440 g/mol. The van der Waals surface area contributed by atoms with Gasteiger partial charge in [0.1, 0.15) is 17.4 Å². The van der Waals surface area contributed by atoms with Gasteiger partial charge in [-0.2, -0.15) is 5.10 Å². The number of ether oxygens (including phenoxy) is 1. The topological polar surface area (TPSA) is 96.9 Å². The molecule has 0 aliphatic carbocycles. The minimum atomic E-state index is -0.384. The van der Waals surface area contributed by atoms with Gasteiger partial charge in [0.15, 0.2) is 0 Å². The first-order valence-electron chi connectivity index (χ1n) is 11.4. The van der Waals surface area contributed by atoms with Crippen LogP contribution in [-0.2, 0) is 6.42 Å². The van der Waals surface area contributed by atoms with Gasteiger partial charge in [-0.15, -0.1) is 0 Å². The van der Waals surface area contributed by atoms with Crippen molar-refractivity contribution in [3.05, 3.63) is 102 Å². The molecule has 2 aromatic heterocycles. The molecule has 1 unspecified atom stereocenters. The highest BCUT2D eigenvalue weighted by molar-refractivity contribution is 5.89. The molecule has 0 aliphatic rings. The van der Waals surface area contributed by atoms with Crippen molar-refractivity contribution in [2.45, 2.75) is 19.4 Å². The van der Waals surface area contributed by atoms with Crippen LogP contribution in [0.25, 0.3) is 16.7 Å². The van der Waals surface area contributed by atoms with Crippen molar-refractivity contribution in [2.75, 3.05) is 12.4 Å². The number of nitrogens with zero attached hydrogens (tertiary/aromatic N) is 3. The maximum atomic E-state index is 13.2. The smallest absolute Gasteiger partial charge is 0.321 e. The van der Waals surface area contributed by atoms with E-state index >= 15 is 0 Å². The molecule has 0 saturated carbocycles. The third-order valence-electron chi connectivity index (χ3n) is 5.72. The number of rotatable bonds is 7. The lowest BCUT2D eigenvalue weighted by Crippen LogP contribution is -2.34. The Morgan fingerprint density at radius 1 is 1.03 bits per heavy atom. The normalized spacial score (nSPS) is 11.8. The first-order chi connectivity index (χ1) is 17.1. The predicted octanol–water partition coefficient (Wildman–Crippen LogP) is 5.17. The molecule has 0 bridgehead atoms. The maximum absolute atomic E-state index is 13.2. The van der Waals surface area contributed by atoms with Crippen LogP contribution in [0.15, 0.2) is 84.9 Å². The summed E-state index contributed by atoms with van der Waals surface area (Å²) in [5.41, 5.74) is 4.48. The minimum absolute atomic E-state index is 0.346. The Kier molecular flexibility index (Phi) is 6.17. The molecule has 0 fully saturated rings. The van der Waals surface area contributed by atoms with Crippen molar-refractivity contribution in [1.82, 2.24) is 25.1 Å².